The zero-order valence-corrected chi connectivity index (χ0v) is 12.9. The molecule has 0 saturated carbocycles. The minimum Gasteiger partial charge on any atom is -0.316 e. The highest BCUT2D eigenvalue weighted by molar-refractivity contribution is 9.10. The number of carbonyl (C=O) groups excluding carboxylic acids is 2. The first kappa shape index (κ1) is 13.8. The second-order valence-corrected chi connectivity index (χ2v) is 6.43. The number of rotatable bonds is 2. The van der Waals surface area contributed by atoms with Gasteiger partial charge in [-0.25, -0.2) is 0 Å². The fourth-order valence-electron chi connectivity index (χ4n) is 3.10. The van der Waals surface area contributed by atoms with E-state index >= 15 is 0 Å². The van der Waals surface area contributed by atoms with Gasteiger partial charge in [0.1, 0.15) is 0 Å². The van der Waals surface area contributed by atoms with E-state index < -0.39 is 0 Å². The van der Waals surface area contributed by atoms with Crippen LogP contribution in [0.5, 0.6) is 0 Å². The van der Waals surface area contributed by atoms with Crippen LogP contribution in [0, 0.1) is 5.92 Å². The van der Waals surface area contributed by atoms with Crippen molar-refractivity contribution in [2.75, 3.05) is 13.1 Å². The predicted octanol–water partition coefficient (Wildman–Crippen LogP) is 2.43. The molecule has 0 radical (unpaired) electrons. The van der Waals surface area contributed by atoms with E-state index in [4.69, 9.17) is 0 Å². The van der Waals surface area contributed by atoms with Gasteiger partial charge in [0.25, 0.3) is 11.8 Å². The van der Waals surface area contributed by atoms with Crippen LogP contribution in [-0.2, 0) is 0 Å². The lowest BCUT2D eigenvalue weighted by molar-refractivity contribution is 0.0529. The number of imide groups is 1. The highest BCUT2D eigenvalue weighted by Gasteiger charge is 2.40. The van der Waals surface area contributed by atoms with Gasteiger partial charge in [0, 0.05) is 10.5 Å². The van der Waals surface area contributed by atoms with Gasteiger partial charge in [-0.05, 0) is 57.0 Å². The van der Waals surface area contributed by atoms with E-state index in [0.29, 0.717) is 17.0 Å². The van der Waals surface area contributed by atoms with Gasteiger partial charge in [-0.3, -0.25) is 14.5 Å². The maximum atomic E-state index is 12.5. The minimum atomic E-state index is -0.163. The second kappa shape index (κ2) is 5.30. The Hall–Kier alpha value is -1.20. The standard InChI is InChI=1S/C15H17BrN2O2/c1-9(10-3-2-6-17-8-10)18-14(19)12-5-4-11(16)7-13(12)15(18)20/h4-5,7,9-10,17H,2-3,6,8H2,1H3. The van der Waals surface area contributed by atoms with Gasteiger partial charge < -0.3 is 5.32 Å². The third kappa shape index (κ3) is 2.19. The first-order chi connectivity index (χ1) is 9.59. The first-order valence-electron chi connectivity index (χ1n) is 6.97. The van der Waals surface area contributed by atoms with Crippen molar-refractivity contribution in [3.63, 3.8) is 0 Å². The van der Waals surface area contributed by atoms with Crippen LogP contribution in [0.1, 0.15) is 40.5 Å². The summed E-state index contributed by atoms with van der Waals surface area (Å²) in [5.74, 6) is 0.0225. The van der Waals surface area contributed by atoms with E-state index in [9.17, 15) is 9.59 Å². The SMILES string of the molecule is CC(C1CCCNC1)N1C(=O)c2ccc(Br)cc2C1=O. The largest absolute Gasteiger partial charge is 0.316 e. The molecule has 1 aromatic rings. The molecule has 20 heavy (non-hydrogen) atoms. The molecule has 2 heterocycles. The van der Waals surface area contributed by atoms with Crippen LogP contribution in [0.2, 0.25) is 0 Å². The Balaban J connectivity index is 1.89. The molecule has 2 aliphatic rings. The number of halogens is 1. The van der Waals surface area contributed by atoms with Crippen molar-refractivity contribution >= 4 is 27.7 Å². The molecule has 1 fully saturated rings. The lowest BCUT2D eigenvalue weighted by Gasteiger charge is -2.33. The van der Waals surface area contributed by atoms with Crippen molar-refractivity contribution < 1.29 is 9.59 Å². The number of fused-ring (bicyclic) bond motifs is 1. The summed E-state index contributed by atoms with van der Waals surface area (Å²) in [7, 11) is 0. The summed E-state index contributed by atoms with van der Waals surface area (Å²) in [5, 5.41) is 3.34. The predicted molar refractivity (Wildman–Crippen MR) is 79.7 cm³/mol. The molecule has 1 aromatic carbocycles. The zero-order chi connectivity index (χ0) is 14.3. The first-order valence-corrected chi connectivity index (χ1v) is 7.77. The molecule has 2 amide bonds. The van der Waals surface area contributed by atoms with Crippen molar-refractivity contribution in [3.8, 4) is 0 Å². The van der Waals surface area contributed by atoms with Crippen molar-refractivity contribution in [2.24, 2.45) is 5.92 Å². The molecular formula is C15H17BrN2O2. The van der Waals surface area contributed by atoms with E-state index in [1.54, 1.807) is 18.2 Å². The third-order valence-corrected chi connectivity index (χ3v) is 4.80. The third-order valence-electron chi connectivity index (χ3n) is 4.30. The van der Waals surface area contributed by atoms with E-state index in [1.165, 1.54) is 4.90 Å². The summed E-state index contributed by atoms with van der Waals surface area (Å²) < 4.78 is 0.825. The van der Waals surface area contributed by atoms with E-state index in [1.807, 2.05) is 6.92 Å². The quantitative estimate of drug-likeness (QED) is 0.844. The molecular weight excluding hydrogens is 320 g/mol. The van der Waals surface area contributed by atoms with Crippen LogP contribution >= 0.6 is 15.9 Å². The van der Waals surface area contributed by atoms with Crippen LogP contribution in [-0.4, -0.2) is 35.8 Å². The highest BCUT2D eigenvalue weighted by atomic mass is 79.9. The Morgan fingerprint density at radius 3 is 2.75 bits per heavy atom. The smallest absolute Gasteiger partial charge is 0.261 e. The normalized spacial score (nSPS) is 23.9. The van der Waals surface area contributed by atoms with Gasteiger partial charge >= 0.3 is 0 Å². The highest BCUT2D eigenvalue weighted by Crippen LogP contribution is 2.30. The fourth-order valence-corrected chi connectivity index (χ4v) is 3.46. The maximum Gasteiger partial charge on any atom is 0.261 e. The zero-order valence-electron chi connectivity index (χ0n) is 11.4. The molecule has 1 saturated heterocycles. The molecule has 0 aliphatic carbocycles. The lowest BCUT2D eigenvalue weighted by atomic mass is 9.92. The molecule has 2 aliphatic heterocycles. The summed E-state index contributed by atoms with van der Waals surface area (Å²) in [6, 6.07) is 5.21. The van der Waals surface area contributed by atoms with Crippen LogP contribution in [0.4, 0.5) is 0 Å². The maximum absolute atomic E-state index is 12.5. The number of hydrogen-bond acceptors (Lipinski definition) is 3. The molecule has 2 atom stereocenters. The molecule has 0 bridgehead atoms. The Bertz CT molecular complexity index is 567. The van der Waals surface area contributed by atoms with Crippen molar-refractivity contribution in [1.82, 2.24) is 10.2 Å². The van der Waals surface area contributed by atoms with Gasteiger partial charge in [0.05, 0.1) is 11.1 Å². The average molecular weight is 337 g/mol. The average Bonchev–Trinajstić information content (AvgIpc) is 2.71. The fraction of sp³-hybridized carbons (Fsp3) is 0.467. The molecule has 3 rings (SSSR count). The molecule has 106 valence electrons. The van der Waals surface area contributed by atoms with Crippen molar-refractivity contribution in [1.29, 1.82) is 0 Å². The number of nitrogens with one attached hydrogen (secondary N) is 1. The van der Waals surface area contributed by atoms with Gasteiger partial charge in [-0.2, -0.15) is 0 Å². The van der Waals surface area contributed by atoms with Gasteiger partial charge in [-0.15, -0.1) is 0 Å². The van der Waals surface area contributed by atoms with Gasteiger partial charge in [-0.1, -0.05) is 15.9 Å². The Kier molecular flexibility index (Phi) is 3.65. The number of carbonyl (C=O) groups is 2. The minimum absolute atomic E-state index is 0.0611. The number of hydrogen-bond donors (Lipinski definition) is 1. The molecule has 0 aromatic heterocycles. The van der Waals surface area contributed by atoms with Crippen LogP contribution in [0.3, 0.4) is 0 Å². The summed E-state index contributed by atoms with van der Waals surface area (Å²) in [6.45, 7) is 3.88. The van der Waals surface area contributed by atoms with E-state index in [0.717, 1.165) is 30.4 Å². The van der Waals surface area contributed by atoms with Crippen molar-refractivity contribution in [3.05, 3.63) is 33.8 Å². The topological polar surface area (TPSA) is 49.4 Å². The summed E-state index contributed by atoms with van der Waals surface area (Å²) in [6.07, 6.45) is 2.16. The lowest BCUT2D eigenvalue weighted by Crippen LogP contribution is -2.47. The second-order valence-electron chi connectivity index (χ2n) is 5.52. The molecule has 0 spiro atoms. The molecule has 2 unspecified atom stereocenters. The monoisotopic (exact) mass is 336 g/mol. The summed E-state index contributed by atoms with van der Waals surface area (Å²) >= 11 is 3.35. The molecule has 5 heteroatoms. The number of benzene rings is 1. The summed E-state index contributed by atoms with van der Waals surface area (Å²) in [5.41, 5.74) is 1.04. The van der Waals surface area contributed by atoms with E-state index in [-0.39, 0.29) is 17.9 Å². The van der Waals surface area contributed by atoms with Gasteiger partial charge in [0.15, 0.2) is 0 Å². The number of piperidine rings is 1. The van der Waals surface area contributed by atoms with E-state index in [2.05, 4.69) is 21.2 Å². The number of amides is 2. The Morgan fingerprint density at radius 1 is 1.30 bits per heavy atom. The Labute approximate surface area is 126 Å². The van der Waals surface area contributed by atoms with Crippen LogP contribution in [0.15, 0.2) is 22.7 Å². The molecule has 1 N–H and O–H groups in total. The Morgan fingerprint density at radius 2 is 2.05 bits per heavy atom. The number of nitrogens with zero attached hydrogens (tertiary/aromatic N) is 1. The van der Waals surface area contributed by atoms with Gasteiger partial charge in [0.2, 0.25) is 0 Å². The van der Waals surface area contributed by atoms with Crippen LogP contribution < -0.4 is 5.32 Å². The molecule has 4 nitrogen and oxygen atoms in total. The van der Waals surface area contributed by atoms with Crippen molar-refractivity contribution in [2.45, 2.75) is 25.8 Å². The van der Waals surface area contributed by atoms with Crippen LogP contribution in [0.25, 0.3) is 0 Å². The summed E-state index contributed by atoms with van der Waals surface area (Å²) in [4.78, 5) is 26.4.